The molecule has 0 bridgehead atoms. The van der Waals surface area contributed by atoms with Crippen molar-refractivity contribution >= 4 is 63.0 Å². The number of thiocarbonyl (C=S) groups is 1. The topological polar surface area (TPSA) is 79.0 Å². The van der Waals surface area contributed by atoms with E-state index in [9.17, 15) is 14.4 Å². The number of fused-ring (bicyclic) bond motifs is 1. The molecular formula is C26H25N3O4S2. The standard InChI is InChI=1S/C26H25N3O4S2/c1-15-9-10-17(12-16(15)2)27-21(30)14-28-20-8-4-3-7-19(20)22(24(28)31)23-25(32)29(26(34)35-23)13-18-6-5-11-33-18/h3-4,7-10,12,18H,5-6,11,13-14H2,1-2H3,(H,27,30)/b23-22-/t18-/m0/s1. The average Bonchev–Trinajstić information content (AvgIpc) is 3.51. The van der Waals surface area contributed by atoms with Crippen LogP contribution in [0.3, 0.4) is 0 Å². The Balaban J connectivity index is 1.40. The number of benzene rings is 2. The molecule has 2 aromatic carbocycles. The van der Waals surface area contributed by atoms with E-state index in [1.54, 1.807) is 12.1 Å². The number of carbonyl (C=O) groups excluding carboxylic acids is 3. The van der Waals surface area contributed by atoms with E-state index in [1.807, 2.05) is 44.2 Å². The molecule has 0 radical (unpaired) electrons. The summed E-state index contributed by atoms with van der Waals surface area (Å²) in [5, 5.41) is 2.87. The van der Waals surface area contributed by atoms with Crippen LogP contribution in [0.2, 0.25) is 0 Å². The summed E-state index contributed by atoms with van der Waals surface area (Å²) in [4.78, 5) is 43.0. The maximum absolute atomic E-state index is 13.6. The molecule has 2 fully saturated rings. The van der Waals surface area contributed by atoms with E-state index in [-0.39, 0.29) is 30.4 Å². The third-order valence-electron chi connectivity index (χ3n) is 6.50. The van der Waals surface area contributed by atoms with Crippen LogP contribution in [0.5, 0.6) is 0 Å². The highest BCUT2D eigenvalue weighted by molar-refractivity contribution is 8.26. The number of hydrogen-bond donors (Lipinski definition) is 1. The van der Waals surface area contributed by atoms with Gasteiger partial charge in [-0.3, -0.25) is 24.2 Å². The van der Waals surface area contributed by atoms with Crippen molar-refractivity contribution in [2.24, 2.45) is 0 Å². The van der Waals surface area contributed by atoms with E-state index in [4.69, 9.17) is 17.0 Å². The van der Waals surface area contributed by atoms with Crippen molar-refractivity contribution in [2.75, 3.05) is 29.9 Å². The zero-order chi connectivity index (χ0) is 24.7. The molecule has 180 valence electrons. The molecule has 3 aliphatic rings. The van der Waals surface area contributed by atoms with Crippen molar-refractivity contribution in [1.29, 1.82) is 0 Å². The Morgan fingerprint density at radius 1 is 1.11 bits per heavy atom. The predicted molar refractivity (Wildman–Crippen MR) is 141 cm³/mol. The molecule has 7 nitrogen and oxygen atoms in total. The van der Waals surface area contributed by atoms with Crippen LogP contribution in [0.15, 0.2) is 47.4 Å². The summed E-state index contributed by atoms with van der Waals surface area (Å²) in [5.41, 5.74) is 4.41. The lowest BCUT2D eigenvalue weighted by molar-refractivity contribution is -0.123. The zero-order valence-electron chi connectivity index (χ0n) is 19.5. The van der Waals surface area contributed by atoms with Gasteiger partial charge in [0.1, 0.15) is 10.9 Å². The Morgan fingerprint density at radius 2 is 1.91 bits per heavy atom. The van der Waals surface area contributed by atoms with Gasteiger partial charge in [-0.05, 0) is 56.0 Å². The van der Waals surface area contributed by atoms with E-state index < -0.39 is 0 Å². The van der Waals surface area contributed by atoms with Gasteiger partial charge in [0.2, 0.25) is 5.91 Å². The van der Waals surface area contributed by atoms with Gasteiger partial charge in [-0.1, -0.05) is 48.2 Å². The number of amides is 3. The number of para-hydroxylation sites is 1. The summed E-state index contributed by atoms with van der Waals surface area (Å²) in [5.74, 6) is -0.974. The van der Waals surface area contributed by atoms with Crippen molar-refractivity contribution in [3.63, 3.8) is 0 Å². The normalized spacial score (nSPS) is 21.8. The van der Waals surface area contributed by atoms with Crippen molar-refractivity contribution in [3.8, 4) is 0 Å². The zero-order valence-corrected chi connectivity index (χ0v) is 21.1. The summed E-state index contributed by atoms with van der Waals surface area (Å²) < 4.78 is 6.10. The number of nitrogens with one attached hydrogen (secondary N) is 1. The first-order chi connectivity index (χ1) is 16.8. The summed E-state index contributed by atoms with van der Waals surface area (Å²) in [7, 11) is 0. The minimum atomic E-state index is -0.376. The highest BCUT2D eigenvalue weighted by Gasteiger charge is 2.43. The lowest BCUT2D eigenvalue weighted by Gasteiger charge is -2.18. The highest BCUT2D eigenvalue weighted by atomic mass is 32.2. The molecule has 2 aromatic rings. The van der Waals surface area contributed by atoms with Gasteiger partial charge in [-0.15, -0.1) is 0 Å². The first-order valence-electron chi connectivity index (χ1n) is 11.5. The van der Waals surface area contributed by atoms with Crippen molar-refractivity contribution in [2.45, 2.75) is 32.8 Å². The maximum atomic E-state index is 13.6. The molecule has 9 heteroatoms. The first kappa shape index (κ1) is 23.7. The average molecular weight is 508 g/mol. The fourth-order valence-electron chi connectivity index (χ4n) is 4.52. The van der Waals surface area contributed by atoms with E-state index >= 15 is 0 Å². The predicted octanol–water partition coefficient (Wildman–Crippen LogP) is 4.04. The van der Waals surface area contributed by atoms with Crippen LogP contribution in [-0.4, -0.2) is 52.7 Å². The fraction of sp³-hybridized carbons (Fsp3) is 0.308. The van der Waals surface area contributed by atoms with Gasteiger partial charge in [0.25, 0.3) is 11.8 Å². The number of anilines is 2. The highest BCUT2D eigenvalue weighted by Crippen LogP contribution is 2.44. The quantitative estimate of drug-likeness (QED) is 0.486. The van der Waals surface area contributed by atoms with Gasteiger partial charge < -0.3 is 10.1 Å². The Bertz CT molecular complexity index is 1280. The Hall–Kier alpha value is -3.01. The number of hydrogen-bond acceptors (Lipinski definition) is 6. The van der Waals surface area contributed by atoms with E-state index in [0.717, 1.165) is 35.7 Å². The van der Waals surface area contributed by atoms with Crippen LogP contribution in [0.4, 0.5) is 11.4 Å². The number of aryl methyl sites for hydroxylation is 2. The minimum Gasteiger partial charge on any atom is -0.376 e. The second kappa shape index (κ2) is 9.56. The molecule has 0 saturated carbocycles. The summed E-state index contributed by atoms with van der Waals surface area (Å²) >= 11 is 6.62. The molecule has 35 heavy (non-hydrogen) atoms. The van der Waals surface area contributed by atoms with E-state index in [0.29, 0.717) is 44.9 Å². The number of ether oxygens (including phenoxy) is 1. The van der Waals surface area contributed by atoms with Crippen LogP contribution < -0.4 is 10.2 Å². The second-order valence-electron chi connectivity index (χ2n) is 8.88. The van der Waals surface area contributed by atoms with Crippen LogP contribution >= 0.6 is 24.0 Å². The Kier molecular flexibility index (Phi) is 6.48. The fourth-order valence-corrected chi connectivity index (χ4v) is 5.87. The summed E-state index contributed by atoms with van der Waals surface area (Å²) in [6, 6.07) is 12.9. The van der Waals surface area contributed by atoms with Gasteiger partial charge in [0, 0.05) is 17.9 Å². The summed E-state index contributed by atoms with van der Waals surface area (Å²) in [6.07, 6.45) is 1.80. The van der Waals surface area contributed by atoms with Gasteiger partial charge in [-0.25, -0.2) is 0 Å². The minimum absolute atomic E-state index is 0.0426. The SMILES string of the molecule is Cc1ccc(NC(=O)CN2C(=O)/C(=C3\SC(=S)N(C[C@@H]4CCCO4)C3=O)c3ccccc32)cc1C. The maximum Gasteiger partial charge on any atom is 0.267 e. The molecule has 1 N–H and O–H groups in total. The second-order valence-corrected chi connectivity index (χ2v) is 10.5. The molecule has 0 spiro atoms. The molecule has 0 aliphatic carbocycles. The van der Waals surface area contributed by atoms with E-state index in [1.165, 1.54) is 9.80 Å². The molecule has 5 rings (SSSR count). The van der Waals surface area contributed by atoms with Gasteiger partial charge in [0.15, 0.2) is 0 Å². The molecule has 3 amide bonds. The first-order valence-corrected chi connectivity index (χ1v) is 12.7. The molecular weight excluding hydrogens is 482 g/mol. The third-order valence-corrected chi connectivity index (χ3v) is 7.95. The summed E-state index contributed by atoms with van der Waals surface area (Å²) in [6.45, 7) is 4.89. The van der Waals surface area contributed by atoms with E-state index in [2.05, 4.69) is 5.32 Å². The lowest BCUT2D eigenvalue weighted by Crippen LogP contribution is -2.36. The molecule has 0 aromatic heterocycles. The Morgan fingerprint density at radius 3 is 2.66 bits per heavy atom. The van der Waals surface area contributed by atoms with Crippen molar-refractivity contribution < 1.29 is 19.1 Å². The van der Waals surface area contributed by atoms with Crippen LogP contribution in [-0.2, 0) is 19.1 Å². The number of rotatable bonds is 5. The number of carbonyl (C=O) groups is 3. The molecule has 3 aliphatic heterocycles. The lowest BCUT2D eigenvalue weighted by atomic mass is 10.1. The van der Waals surface area contributed by atoms with Gasteiger partial charge in [0.05, 0.1) is 28.8 Å². The molecule has 3 heterocycles. The molecule has 2 saturated heterocycles. The monoisotopic (exact) mass is 507 g/mol. The van der Waals surface area contributed by atoms with Crippen LogP contribution in [0.25, 0.3) is 5.57 Å². The Labute approximate surface area is 213 Å². The third kappa shape index (κ3) is 4.51. The van der Waals surface area contributed by atoms with Crippen LogP contribution in [0.1, 0.15) is 29.5 Å². The van der Waals surface area contributed by atoms with Crippen LogP contribution in [0, 0.1) is 13.8 Å². The van der Waals surface area contributed by atoms with Gasteiger partial charge >= 0.3 is 0 Å². The van der Waals surface area contributed by atoms with Crippen molar-refractivity contribution in [3.05, 3.63) is 64.1 Å². The van der Waals surface area contributed by atoms with Gasteiger partial charge in [-0.2, -0.15) is 0 Å². The number of thioether (sulfide) groups is 1. The molecule has 1 atom stereocenters. The van der Waals surface area contributed by atoms with Crippen molar-refractivity contribution in [1.82, 2.24) is 4.90 Å². The number of nitrogens with zero attached hydrogens (tertiary/aromatic N) is 2. The largest absolute Gasteiger partial charge is 0.376 e. The molecule has 0 unspecified atom stereocenters. The smallest absolute Gasteiger partial charge is 0.267 e.